The van der Waals surface area contributed by atoms with Crippen molar-refractivity contribution in [2.75, 3.05) is 5.32 Å². The molecule has 0 saturated carbocycles. The third kappa shape index (κ3) is 3.36. The van der Waals surface area contributed by atoms with Gasteiger partial charge in [0, 0.05) is 3.57 Å². The molecule has 1 aliphatic carbocycles. The van der Waals surface area contributed by atoms with Gasteiger partial charge >= 0.3 is 5.97 Å². The minimum absolute atomic E-state index is 0.341. The number of nitrogens with one attached hydrogen (secondary N) is 1. The van der Waals surface area contributed by atoms with Gasteiger partial charge in [-0.1, -0.05) is 12.2 Å². The van der Waals surface area contributed by atoms with Crippen LogP contribution in [0.1, 0.15) is 12.8 Å². The quantitative estimate of drug-likeness (QED) is 0.617. The standard InChI is InChI=1S/C14H13FINO3/c15-8-5-6-12(11(16)7-8)17-13(18)9-3-1-2-4-10(9)14(19)20/h1-2,5-7,9-10H,3-4H2,(H,17,18)(H,19,20)/t9-,10+/m1/s1. The van der Waals surface area contributed by atoms with Crippen molar-refractivity contribution in [3.05, 3.63) is 39.7 Å². The number of amides is 1. The van der Waals surface area contributed by atoms with E-state index in [2.05, 4.69) is 5.32 Å². The number of hydrogen-bond donors (Lipinski definition) is 2. The summed E-state index contributed by atoms with van der Waals surface area (Å²) in [6, 6.07) is 4.04. The van der Waals surface area contributed by atoms with E-state index in [1.54, 1.807) is 6.08 Å². The molecule has 20 heavy (non-hydrogen) atoms. The van der Waals surface area contributed by atoms with Crippen LogP contribution in [-0.2, 0) is 9.59 Å². The fraction of sp³-hybridized carbons (Fsp3) is 0.286. The number of carbonyl (C=O) groups excluding carboxylic acids is 1. The van der Waals surface area contributed by atoms with Crippen LogP contribution in [0.15, 0.2) is 30.4 Å². The topological polar surface area (TPSA) is 66.4 Å². The molecule has 0 radical (unpaired) electrons. The zero-order valence-corrected chi connectivity index (χ0v) is 12.6. The third-order valence-electron chi connectivity index (χ3n) is 3.28. The highest BCUT2D eigenvalue weighted by atomic mass is 127. The molecule has 2 N–H and O–H groups in total. The molecule has 0 aliphatic heterocycles. The Balaban J connectivity index is 2.14. The van der Waals surface area contributed by atoms with Gasteiger partial charge in [-0.2, -0.15) is 0 Å². The Morgan fingerprint density at radius 2 is 1.90 bits per heavy atom. The summed E-state index contributed by atoms with van der Waals surface area (Å²) in [6.07, 6.45) is 4.36. The van der Waals surface area contributed by atoms with E-state index in [-0.39, 0.29) is 11.7 Å². The monoisotopic (exact) mass is 389 g/mol. The average Bonchev–Trinajstić information content (AvgIpc) is 2.41. The molecular formula is C14H13FINO3. The summed E-state index contributed by atoms with van der Waals surface area (Å²) in [5, 5.41) is 11.8. The van der Waals surface area contributed by atoms with Crippen molar-refractivity contribution >= 4 is 40.2 Å². The largest absolute Gasteiger partial charge is 0.481 e. The van der Waals surface area contributed by atoms with E-state index in [1.807, 2.05) is 28.7 Å². The molecule has 106 valence electrons. The van der Waals surface area contributed by atoms with E-state index in [0.717, 1.165) is 0 Å². The first-order valence-corrected chi connectivity index (χ1v) is 7.20. The van der Waals surface area contributed by atoms with Crippen LogP contribution >= 0.6 is 22.6 Å². The Labute approximate surface area is 129 Å². The van der Waals surface area contributed by atoms with Gasteiger partial charge in [-0.05, 0) is 53.6 Å². The molecule has 1 aromatic rings. The second-order valence-corrected chi connectivity index (χ2v) is 5.77. The number of benzene rings is 1. The molecule has 4 nitrogen and oxygen atoms in total. The van der Waals surface area contributed by atoms with Crippen LogP contribution < -0.4 is 5.32 Å². The first kappa shape index (κ1) is 15.0. The van der Waals surface area contributed by atoms with Gasteiger partial charge in [0.2, 0.25) is 5.91 Å². The molecule has 0 heterocycles. The first-order valence-electron chi connectivity index (χ1n) is 6.12. The summed E-state index contributed by atoms with van der Waals surface area (Å²) in [5.74, 6) is -3.00. The van der Waals surface area contributed by atoms with Crippen LogP contribution in [-0.4, -0.2) is 17.0 Å². The number of rotatable bonds is 3. The van der Waals surface area contributed by atoms with E-state index in [1.165, 1.54) is 18.2 Å². The molecule has 0 fully saturated rings. The highest BCUT2D eigenvalue weighted by molar-refractivity contribution is 14.1. The molecule has 1 amide bonds. The fourth-order valence-electron chi connectivity index (χ4n) is 2.19. The maximum absolute atomic E-state index is 13.0. The van der Waals surface area contributed by atoms with Crippen LogP contribution in [0.4, 0.5) is 10.1 Å². The Hall–Kier alpha value is -1.44. The lowest BCUT2D eigenvalue weighted by Crippen LogP contribution is -2.34. The number of allylic oxidation sites excluding steroid dienone is 2. The van der Waals surface area contributed by atoms with Crippen LogP contribution in [0.25, 0.3) is 0 Å². The van der Waals surface area contributed by atoms with E-state index in [0.29, 0.717) is 22.1 Å². The number of anilines is 1. The molecule has 1 aliphatic rings. The van der Waals surface area contributed by atoms with Crippen molar-refractivity contribution in [3.8, 4) is 0 Å². The Morgan fingerprint density at radius 1 is 1.25 bits per heavy atom. The van der Waals surface area contributed by atoms with Crippen molar-refractivity contribution < 1.29 is 19.1 Å². The molecule has 2 atom stereocenters. The Morgan fingerprint density at radius 3 is 2.50 bits per heavy atom. The number of aliphatic carboxylic acids is 1. The summed E-state index contributed by atoms with van der Waals surface area (Å²) in [5.41, 5.74) is 0.496. The van der Waals surface area contributed by atoms with Gasteiger partial charge in [-0.25, -0.2) is 4.39 Å². The Bertz CT molecular complexity index is 574. The van der Waals surface area contributed by atoms with Crippen LogP contribution in [0.5, 0.6) is 0 Å². The summed E-state index contributed by atoms with van der Waals surface area (Å²) in [4.78, 5) is 23.4. The number of halogens is 2. The maximum Gasteiger partial charge on any atom is 0.307 e. The molecule has 0 unspecified atom stereocenters. The molecule has 0 spiro atoms. The van der Waals surface area contributed by atoms with Crippen molar-refractivity contribution in [2.24, 2.45) is 11.8 Å². The van der Waals surface area contributed by atoms with Gasteiger partial charge in [0.05, 0.1) is 17.5 Å². The van der Waals surface area contributed by atoms with Gasteiger partial charge in [0.15, 0.2) is 0 Å². The van der Waals surface area contributed by atoms with Crippen molar-refractivity contribution in [3.63, 3.8) is 0 Å². The van der Waals surface area contributed by atoms with E-state index in [4.69, 9.17) is 5.11 Å². The highest BCUT2D eigenvalue weighted by Crippen LogP contribution is 2.28. The van der Waals surface area contributed by atoms with E-state index < -0.39 is 17.8 Å². The second kappa shape index (κ2) is 6.34. The highest BCUT2D eigenvalue weighted by Gasteiger charge is 2.34. The van der Waals surface area contributed by atoms with Crippen molar-refractivity contribution in [1.29, 1.82) is 0 Å². The normalized spacial score (nSPS) is 21.5. The average molecular weight is 389 g/mol. The SMILES string of the molecule is O=C(O)[C@H]1CC=CC[C@H]1C(=O)Nc1ccc(F)cc1I. The summed E-state index contributed by atoms with van der Waals surface area (Å²) in [6.45, 7) is 0. The zero-order chi connectivity index (χ0) is 14.7. The molecule has 1 aromatic carbocycles. The second-order valence-electron chi connectivity index (χ2n) is 4.61. The molecule has 2 rings (SSSR count). The van der Waals surface area contributed by atoms with Gasteiger partial charge in [0.1, 0.15) is 5.82 Å². The number of carbonyl (C=O) groups is 2. The lowest BCUT2D eigenvalue weighted by atomic mass is 9.82. The summed E-state index contributed by atoms with van der Waals surface area (Å²) < 4.78 is 13.6. The molecule has 0 bridgehead atoms. The lowest BCUT2D eigenvalue weighted by Gasteiger charge is -2.24. The summed E-state index contributed by atoms with van der Waals surface area (Å²) in [7, 11) is 0. The number of carboxylic acid groups (broad SMARTS) is 1. The smallest absolute Gasteiger partial charge is 0.307 e. The van der Waals surface area contributed by atoms with Gasteiger partial charge < -0.3 is 10.4 Å². The van der Waals surface area contributed by atoms with Crippen LogP contribution in [0.3, 0.4) is 0 Å². The molecule has 6 heteroatoms. The molecule has 0 aromatic heterocycles. The Kier molecular flexibility index (Phi) is 4.74. The van der Waals surface area contributed by atoms with E-state index in [9.17, 15) is 14.0 Å². The van der Waals surface area contributed by atoms with E-state index >= 15 is 0 Å². The molecular weight excluding hydrogens is 376 g/mol. The third-order valence-corrected chi connectivity index (χ3v) is 4.17. The first-order chi connectivity index (χ1) is 9.49. The van der Waals surface area contributed by atoms with Gasteiger partial charge in [0.25, 0.3) is 0 Å². The summed E-state index contributed by atoms with van der Waals surface area (Å²) >= 11 is 1.92. The predicted molar refractivity (Wildman–Crippen MR) is 80.7 cm³/mol. The number of hydrogen-bond acceptors (Lipinski definition) is 2. The fourth-order valence-corrected chi connectivity index (χ4v) is 2.81. The van der Waals surface area contributed by atoms with Crippen molar-refractivity contribution in [2.45, 2.75) is 12.8 Å². The minimum Gasteiger partial charge on any atom is -0.481 e. The zero-order valence-electron chi connectivity index (χ0n) is 10.5. The lowest BCUT2D eigenvalue weighted by molar-refractivity contribution is -0.146. The number of carboxylic acids is 1. The van der Waals surface area contributed by atoms with Crippen LogP contribution in [0.2, 0.25) is 0 Å². The van der Waals surface area contributed by atoms with Crippen molar-refractivity contribution in [1.82, 2.24) is 0 Å². The van der Waals surface area contributed by atoms with Crippen LogP contribution in [0, 0.1) is 21.2 Å². The molecule has 0 saturated heterocycles. The predicted octanol–water partition coefficient (Wildman–Crippen LogP) is 3.04. The maximum atomic E-state index is 13.0. The van der Waals surface area contributed by atoms with Gasteiger partial charge in [-0.15, -0.1) is 0 Å². The van der Waals surface area contributed by atoms with Gasteiger partial charge in [-0.3, -0.25) is 9.59 Å². The minimum atomic E-state index is -0.969.